The first-order valence-corrected chi connectivity index (χ1v) is 26.5. The van der Waals surface area contributed by atoms with Crippen LogP contribution in [0.5, 0.6) is 11.5 Å². The zero-order chi connectivity index (χ0) is 47.1. The van der Waals surface area contributed by atoms with Crippen molar-refractivity contribution in [3.63, 3.8) is 0 Å². The number of rotatable bonds is 4. The van der Waals surface area contributed by atoms with Crippen LogP contribution in [0.25, 0.3) is 53.6 Å². The highest BCUT2D eigenvalue weighted by atomic mass is 32.2. The second-order valence-electron chi connectivity index (χ2n) is 19.5. The zero-order valence-electron chi connectivity index (χ0n) is 39.0. The maximum absolute atomic E-state index is 6.97. The number of fused-ring (bicyclic) bond motifs is 20. The number of nitrogens with zero attached hydrogens (tertiary/aromatic N) is 2. The van der Waals surface area contributed by atoms with Crippen LogP contribution in [0.15, 0.2) is 246 Å². The van der Waals surface area contributed by atoms with E-state index in [1.54, 1.807) is 0 Å². The Morgan fingerprint density at radius 3 is 1.76 bits per heavy atom. The molecule has 0 amide bonds. The molecule has 0 fully saturated rings. The van der Waals surface area contributed by atoms with Gasteiger partial charge in [-0.25, -0.2) is 4.98 Å². The molecule has 72 heavy (non-hydrogen) atoms. The van der Waals surface area contributed by atoms with Gasteiger partial charge in [0.25, 0.3) is 0 Å². The van der Waals surface area contributed by atoms with E-state index in [1.807, 2.05) is 23.1 Å². The van der Waals surface area contributed by atoms with Crippen LogP contribution in [0.1, 0.15) is 51.8 Å². The molecule has 2 spiro atoms. The van der Waals surface area contributed by atoms with Gasteiger partial charge in [0.1, 0.15) is 17.3 Å². The molecular weight excluding hydrogens is 913 g/mol. The number of ether oxygens (including phenoxy) is 1. The van der Waals surface area contributed by atoms with Crippen molar-refractivity contribution in [3.05, 3.63) is 280 Å². The van der Waals surface area contributed by atoms with Crippen LogP contribution in [0.4, 0.5) is 17.2 Å². The molecule has 0 atom stereocenters. The fourth-order valence-corrected chi connectivity index (χ4v) is 15.7. The van der Waals surface area contributed by atoms with Crippen LogP contribution < -0.4 is 9.64 Å². The lowest BCUT2D eigenvalue weighted by molar-refractivity contribution is 0.436. The van der Waals surface area contributed by atoms with Gasteiger partial charge in [0.2, 0.25) is 0 Å². The van der Waals surface area contributed by atoms with Crippen LogP contribution in [0, 0.1) is 0 Å². The van der Waals surface area contributed by atoms with E-state index in [-0.39, 0.29) is 0 Å². The topological polar surface area (TPSA) is 25.4 Å². The first-order chi connectivity index (χ1) is 35.7. The molecule has 16 rings (SSSR count). The summed E-state index contributed by atoms with van der Waals surface area (Å²) in [7, 11) is 0. The molecule has 3 nitrogen and oxygen atoms in total. The second-order valence-corrected chi connectivity index (χ2v) is 21.8. The largest absolute Gasteiger partial charge is 0.457 e. The Labute approximate surface area is 426 Å². The molecule has 4 heterocycles. The number of anilines is 3. The molecule has 0 radical (unpaired) electrons. The third-order valence-corrected chi connectivity index (χ3v) is 18.5. The molecule has 9 aromatic carbocycles. The maximum Gasteiger partial charge on any atom is 0.137 e. The first-order valence-electron chi connectivity index (χ1n) is 24.9. The number of allylic oxidation sites excluding steroid dienone is 4. The molecule has 2 aliphatic heterocycles. The molecule has 11 aromatic rings. The summed E-state index contributed by atoms with van der Waals surface area (Å²) in [5, 5.41) is 2.56. The summed E-state index contributed by atoms with van der Waals surface area (Å²) in [6.07, 6.45) is 8.99. The molecule has 0 saturated heterocycles. The number of thioether (sulfide) groups is 1. The van der Waals surface area contributed by atoms with Crippen molar-refractivity contribution in [2.45, 2.75) is 28.6 Å². The predicted molar refractivity (Wildman–Crippen MR) is 298 cm³/mol. The molecule has 0 unspecified atom stereocenters. The van der Waals surface area contributed by atoms with E-state index in [9.17, 15) is 0 Å². The summed E-state index contributed by atoms with van der Waals surface area (Å²) in [5.41, 5.74) is 18.5. The fraction of sp³-hybridized carbons (Fsp3) is 0.0597. The predicted octanol–water partition coefficient (Wildman–Crippen LogP) is 18.1. The lowest BCUT2D eigenvalue weighted by Crippen LogP contribution is -2.33. The Balaban J connectivity index is 0.949. The van der Waals surface area contributed by atoms with Gasteiger partial charge in [-0.3, -0.25) is 4.90 Å². The number of thiophene rings is 1. The molecule has 0 N–H and O–H groups in total. The first kappa shape index (κ1) is 40.5. The van der Waals surface area contributed by atoms with Crippen molar-refractivity contribution in [1.29, 1.82) is 0 Å². The summed E-state index contributed by atoms with van der Waals surface area (Å²) >= 11 is 3.80. The number of hydrogen-bond acceptors (Lipinski definition) is 5. The van der Waals surface area contributed by atoms with Gasteiger partial charge < -0.3 is 4.74 Å². The van der Waals surface area contributed by atoms with Gasteiger partial charge in [-0.05, 0) is 146 Å². The summed E-state index contributed by atoms with van der Waals surface area (Å²) in [5.74, 6) is 2.57. The van der Waals surface area contributed by atoms with E-state index in [4.69, 9.17) is 9.72 Å². The van der Waals surface area contributed by atoms with Crippen molar-refractivity contribution < 1.29 is 4.74 Å². The van der Waals surface area contributed by atoms with Crippen LogP contribution in [-0.2, 0) is 10.8 Å². The number of aromatic nitrogens is 1. The van der Waals surface area contributed by atoms with Gasteiger partial charge in [0, 0.05) is 59.3 Å². The molecule has 5 aliphatic rings. The second kappa shape index (κ2) is 15.1. The molecular formula is C67H42N2OS2. The Morgan fingerprint density at radius 1 is 0.472 bits per heavy atom. The van der Waals surface area contributed by atoms with Gasteiger partial charge in [-0.1, -0.05) is 170 Å². The van der Waals surface area contributed by atoms with Gasteiger partial charge >= 0.3 is 0 Å². The number of para-hydroxylation sites is 1. The van der Waals surface area contributed by atoms with Crippen LogP contribution in [0.3, 0.4) is 0 Å². The number of pyridine rings is 1. The van der Waals surface area contributed by atoms with E-state index >= 15 is 0 Å². The lowest BCUT2D eigenvalue weighted by Gasteiger charge is -2.42. The van der Waals surface area contributed by atoms with Crippen LogP contribution in [-0.4, -0.2) is 4.98 Å². The highest BCUT2D eigenvalue weighted by Crippen LogP contribution is 2.65. The highest BCUT2D eigenvalue weighted by molar-refractivity contribution is 8.03. The molecule has 0 saturated carbocycles. The van der Waals surface area contributed by atoms with Crippen LogP contribution in [0.2, 0.25) is 0 Å². The summed E-state index contributed by atoms with van der Waals surface area (Å²) in [4.78, 5) is 10.6. The van der Waals surface area contributed by atoms with E-state index in [0.29, 0.717) is 0 Å². The van der Waals surface area contributed by atoms with E-state index < -0.39 is 10.8 Å². The van der Waals surface area contributed by atoms with E-state index in [2.05, 4.69) is 236 Å². The van der Waals surface area contributed by atoms with Gasteiger partial charge in [-0.2, -0.15) is 0 Å². The Bertz CT molecular complexity index is 4110. The van der Waals surface area contributed by atoms with Gasteiger partial charge in [0.05, 0.1) is 10.8 Å². The average molecular weight is 955 g/mol. The molecule has 2 aromatic heterocycles. The number of hydrogen-bond donors (Lipinski definition) is 0. The highest BCUT2D eigenvalue weighted by Gasteiger charge is 2.53. The van der Waals surface area contributed by atoms with Crippen molar-refractivity contribution >= 4 is 60.5 Å². The number of benzene rings is 9. The van der Waals surface area contributed by atoms with Crippen LogP contribution >= 0.6 is 23.1 Å². The zero-order valence-corrected chi connectivity index (χ0v) is 40.6. The summed E-state index contributed by atoms with van der Waals surface area (Å²) in [6.45, 7) is 0. The quantitative estimate of drug-likeness (QED) is 0.176. The SMILES string of the molecule is C1=CC2=C(CC1)Sc1ccc(N(c3ccc4c(c3)C3(c5ccccc5O4)c4ccccc4-c4ccccc43)c3ccc(-c4cccc5sc6ccccc6c45)cn3)cc1C21c2ccccc2-c2ccccc21. The maximum atomic E-state index is 6.97. The third-order valence-electron chi connectivity index (χ3n) is 16.1. The molecule has 0 bridgehead atoms. The van der Waals surface area contributed by atoms with Crippen molar-refractivity contribution in [2.75, 3.05) is 4.90 Å². The van der Waals surface area contributed by atoms with Gasteiger partial charge in [0.15, 0.2) is 0 Å². The molecule has 3 aliphatic carbocycles. The third kappa shape index (κ3) is 5.34. The van der Waals surface area contributed by atoms with Crippen molar-refractivity contribution in [3.8, 4) is 44.9 Å². The normalized spacial score (nSPS) is 15.6. The minimum absolute atomic E-state index is 0.490. The lowest BCUT2D eigenvalue weighted by atomic mass is 9.65. The molecule has 5 heteroatoms. The summed E-state index contributed by atoms with van der Waals surface area (Å²) < 4.78 is 9.55. The van der Waals surface area contributed by atoms with E-state index in [1.165, 1.54) is 91.2 Å². The van der Waals surface area contributed by atoms with E-state index in [0.717, 1.165) is 58.2 Å². The van der Waals surface area contributed by atoms with Crippen molar-refractivity contribution in [2.24, 2.45) is 0 Å². The monoisotopic (exact) mass is 954 g/mol. The Kier molecular flexibility index (Phi) is 8.52. The average Bonchev–Trinajstić information content (AvgIpc) is 4.07. The molecule has 338 valence electrons. The minimum Gasteiger partial charge on any atom is -0.457 e. The summed E-state index contributed by atoms with van der Waals surface area (Å²) in [6, 6.07) is 78.7. The van der Waals surface area contributed by atoms with Gasteiger partial charge in [-0.15, -0.1) is 11.3 Å². The fourth-order valence-electron chi connectivity index (χ4n) is 13.3. The van der Waals surface area contributed by atoms with Crippen molar-refractivity contribution in [1.82, 2.24) is 4.98 Å². The minimum atomic E-state index is -0.623. The smallest absolute Gasteiger partial charge is 0.137 e. The standard InChI is InChI=1S/C67H42N2OS2/c1-6-22-50-45(16-1)46-17-2-7-23-51(46)66(50)54-26-10-12-28-58(54)70-59-35-33-42(38-56(59)66)69(64-37-32-41(40-68-64)44-21-15-31-63-65(44)49-20-5-13-29-60(49)71-63)43-34-36-62-57(39-43)67(55-27-11-14-30-61(55)72-62)52-24-8-3-18-47(52)48-19-4-9-25-53(48)67/h1-13,15-29,31-40H,14,30H2. The Hall–Kier alpha value is -8.22. The Morgan fingerprint density at radius 2 is 1.06 bits per heavy atom.